The van der Waals surface area contributed by atoms with Crippen LogP contribution in [-0.4, -0.2) is 5.91 Å². The first-order valence-corrected chi connectivity index (χ1v) is 8.40. The van der Waals surface area contributed by atoms with Crippen LogP contribution in [0.15, 0.2) is 72.8 Å². The van der Waals surface area contributed by atoms with Crippen molar-refractivity contribution in [2.45, 2.75) is 6.61 Å². The van der Waals surface area contributed by atoms with Gasteiger partial charge in [-0.3, -0.25) is 4.79 Å². The van der Waals surface area contributed by atoms with Gasteiger partial charge in [0, 0.05) is 21.3 Å². The SMILES string of the molecule is O=C(Nc1ccc(OCc2ccc(Cl)cc2)cc1)c1cccc(Cl)c1. The van der Waals surface area contributed by atoms with E-state index in [2.05, 4.69) is 5.32 Å². The van der Waals surface area contributed by atoms with Crippen molar-refractivity contribution >= 4 is 34.8 Å². The maximum atomic E-state index is 12.2. The van der Waals surface area contributed by atoms with Crippen LogP contribution >= 0.6 is 23.2 Å². The lowest BCUT2D eigenvalue weighted by molar-refractivity contribution is 0.102. The van der Waals surface area contributed by atoms with E-state index in [-0.39, 0.29) is 5.91 Å². The van der Waals surface area contributed by atoms with Gasteiger partial charge in [-0.15, -0.1) is 0 Å². The molecule has 0 saturated heterocycles. The molecule has 0 aliphatic rings. The highest BCUT2D eigenvalue weighted by atomic mass is 35.5. The zero-order chi connectivity index (χ0) is 17.6. The van der Waals surface area contributed by atoms with Crippen LogP contribution in [0.2, 0.25) is 10.0 Å². The average Bonchev–Trinajstić information content (AvgIpc) is 2.62. The third-order valence-corrected chi connectivity index (χ3v) is 4.00. The summed E-state index contributed by atoms with van der Waals surface area (Å²) < 4.78 is 5.72. The predicted molar refractivity (Wildman–Crippen MR) is 102 cm³/mol. The Morgan fingerprint density at radius 1 is 0.880 bits per heavy atom. The molecule has 0 radical (unpaired) electrons. The van der Waals surface area contributed by atoms with Gasteiger partial charge in [0.15, 0.2) is 0 Å². The number of benzene rings is 3. The van der Waals surface area contributed by atoms with E-state index < -0.39 is 0 Å². The van der Waals surface area contributed by atoms with E-state index in [1.54, 1.807) is 36.4 Å². The zero-order valence-corrected chi connectivity index (χ0v) is 14.7. The summed E-state index contributed by atoms with van der Waals surface area (Å²) in [7, 11) is 0. The van der Waals surface area contributed by atoms with Crippen molar-refractivity contribution in [3.05, 3.63) is 94.0 Å². The molecular formula is C20H15Cl2NO2. The fourth-order valence-corrected chi connectivity index (χ4v) is 2.53. The molecule has 0 aliphatic carbocycles. The molecule has 0 spiro atoms. The Kier molecular flexibility index (Phi) is 5.59. The molecule has 0 bridgehead atoms. The topological polar surface area (TPSA) is 38.3 Å². The van der Waals surface area contributed by atoms with Gasteiger partial charge in [0.05, 0.1) is 0 Å². The van der Waals surface area contributed by atoms with Crippen LogP contribution in [0.25, 0.3) is 0 Å². The maximum absolute atomic E-state index is 12.2. The average molecular weight is 372 g/mol. The highest BCUT2D eigenvalue weighted by Crippen LogP contribution is 2.19. The van der Waals surface area contributed by atoms with Crippen LogP contribution in [0.4, 0.5) is 5.69 Å². The van der Waals surface area contributed by atoms with Crippen molar-refractivity contribution in [3.63, 3.8) is 0 Å². The Labute approximate surface area is 156 Å². The lowest BCUT2D eigenvalue weighted by atomic mass is 10.2. The van der Waals surface area contributed by atoms with E-state index in [1.165, 1.54) is 0 Å². The summed E-state index contributed by atoms with van der Waals surface area (Å²) in [6, 6.07) is 21.5. The van der Waals surface area contributed by atoms with Gasteiger partial charge in [-0.2, -0.15) is 0 Å². The highest BCUT2D eigenvalue weighted by Gasteiger charge is 2.06. The Morgan fingerprint density at radius 3 is 2.28 bits per heavy atom. The minimum absolute atomic E-state index is 0.211. The molecule has 0 heterocycles. The molecule has 0 aliphatic heterocycles. The Bertz CT molecular complexity index is 862. The van der Waals surface area contributed by atoms with Gasteiger partial charge < -0.3 is 10.1 Å². The number of carbonyl (C=O) groups excluding carboxylic acids is 1. The third-order valence-electron chi connectivity index (χ3n) is 3.52. The van der Waals surface area contributed by atoms with Crippen molar-refractivity contribution in [1.82, 2.24) is 0 Å². The number of hydrogen-bond acceptors (Lipinski definition) is 2. The van der Waals surface area contributed by atoms with Gasteiger partial charge in [0.2, 0.25) is 0 Å². The monoisotopic (exact) mass is 371 g/mol. The third kappa shape index (κ3) is 4.99. The molecule has 1 N–H and O–H groups in total. The van der Waals surface area contributed by atoms with E-state index in [4.69, 9.17) is 27.9 Å². The first kappa shape index (κ1) is 17.3. The molecule has 0 fully saturated rings. The molecule has 1 amide bonds. The summed E-state index contributed by atoms with van der Waals surface area (Å²) >= 11 is 11.8. The summed E-state index contributed by atoms with van der Waals surface area (Å²) in [5, 5.41) is 4.05. The van der Waals surface area contributed by atoms with Crippen LogP contribution in [0, 0.1) is 0 Å². The second-order valence-electron chi connectivity index (χ2n) is 5.40. The Hall–Kier alpha value is -2.49. The first-order chi connectivity index (χ1) is 12.1. The molecule has 0 unspecified atom stereocenters. The fraction of sp³-hybridized carbons (Fsp3) is 0.0500. The minimum atomic E-state index is -0.211. The van der Waals surface area contributed by atoms with Gasteiger partial charge >= 0.3 is 0 Å². The van der Waals surface area contributed by atoms with E-state index in [0.717, 1.165) is 11.3 Å². The van der Waals surface area contributed by atoms with Crippen LogP contribution in [-0.2, 0) is 6.61 Å². The van der Waals surface area contributed by atoms with Crippen molar-refractivity contribution in [2.24, 2.45) is 0 Å². The van der Waals surface area contributed by atoms with Gasteiger partial charge in [-0.05, 0) is 60.2 Å². The van der Waals surface area contributed by atoms with E-state index in [0.29, 0.717) is 27.9 Å². The molecule has 0 atom stereocenters. The van der Waals surface area contributed by atoms with Crippen molar-refractivity contribution in [3.8, 4) is 5.75 Å². The van der Waals surface area contributed by atoms with Crippen LogP contribution in [0.3, 0.4) is 0 Å². The molecule has 0 aromatic heterocycles. The molecule has 25 heavy (non-hydrogen) atoms. The Morgan fingerprint density at radius 2 is 1.60 bits per heavy atom. The first-order valence-electron chi connectivity index (χ1n) is 7.64. The number of halogens is 2. The molecule has 3 nitrogen and oxygen atoms in total. The summed E-state index contributed by atoms with van der Waals surface area (Å²) in [5.74, 6) is 0.507. The molecule has 3 aromatic rings. The minimum Gasteiger partial charge on any atom is -0.489 e. The quantitative estimate of drug-likeness (QED) is 0.612. The van der Waals surface area contributed by atoms with Crippen LogP contribution in [0.5, 0.6) is 5.75 Å². The summed E-state index contributed by atoms with van der Waals surface area (Å²) in [6.45, 7) is 0.450. The number of hydrogen-bond donors (Lipinski definition) is 1. The number of anilines is 1. The fourth-order valence-electron chi connectivity index (χ4n) is 2.21. The van der Waals surface area contributed by atoms with Crippen LogP contribution in [0.1, 0.15) is 15.9 Å². The number of ether oxygens (including phenoxy) is 1. The van der Waals surface area contributed by atoms with E-state index >= 15 is 0 Å². The van der Waals surface area contributed by atoms with Crippen molar-refractivity contribution in [2.75, 3.05) is 5.32 Å². The normalized spacial score (nSPS) is 10.3. The summed E-state index contributed by atoms with van der Waals surface area (Å²) in [5.41, 5.74) is 2.22. The standard InChI is InChI=1S/C20H15Cl2NO2/c21-16-6-4-14(5-7-16)13-25-19-10-8-18(9-11-19)23-20(24)15-2-1-3-17(22)12-15/h1-12H,13H2,(H,23,24). The van der Waals surface area contributed by atoms with Gasteiger partial charge in [0.25, 0.3) is 5.91 Å². The maximum Gasteiger partial charge on any atom is 0.255 e. The smallest absolute Gasteiger partial charge is 0.255 e. The highest BCUT2D eigenvalue weighted by molar-refractivity contribution is 6.31. The number of carbonyl (C=O) groups is 1. The lowest BCUT2D eigenvalue weighted by Crippen LogP contribution is -2.11. The van der Waals surface area contributed by atoms with Gasteiger partial charge in [-0.1, -0.05) is 41.4 Å². The van der Waals surface area contributed by atoms with E-state index in [1.807, 2.05) is 36.4 Å². The van der Waals surface area contributed by atoms with Gasteiger partial charge in [-0.25, -0.2) is 0 Å². The second kappa shape index (κ2) is 8.06. The molecule has 0 saturated carbocycles. The molecular weight excluding hydrogens is 357 g/mol. The van der Waals surface area contributed by atoms with Gasteiger partial charge in [0.1, 0.15) is 12.4 Å². The Balaban J connectivity index is 1.58. The summed E-state index contributed by atoms with van der Waals surface area (Å²) in [6.07, 6.45) is 0. The number of rotatable bonds is 5. The zero-order valence-electron chi connectivity index (χ0n) is 13.2. The largest absolute Gasteiger partial charge is 0.489 e. The number of nitrogens with one attached hydrogen (secondary N) is 1. The number of amides is 1. The van der Waals surface area contributed by atoms with Crippen LogP contribution < -0.4 is 10.1 Å². The molecule has 3 aromatic carbocycles. The lowest BCUT2D eigenvalue weighted by Gasteiger charge is -2.09. The molecule has 126 valence electrons. The van der Waals surface area contributed by atoms with E-state index in [9.17, 15) is 4.79 Å². The van der Waals surface area contributed by atoms with Crippen molar-refractivity contribution < 1.29 is 9.53 Å². The van der Waals surface area contributed by atoms with Crippen molar-refractivity contribution in [1.29, 1.82) is 0 Å². The molecule has 3 rings (SSSR count). The second-order valence-corrected chi connectivity index (χ2v) is 6.28. The predicted octanol–water partition coefficient (Wildman–Crippen LogP) is 5.82. The summed E-state index contributed by atoms with van der Waals surface area (Å²) in [4.78, 5) is 12.2. The molecule has 5 heteroatoms.